The second kappa shape index (κ2) is 10.8. The Labute approximate surface area is 232 Å². The molecule has 11 heteroatoms. The van der Waals surface area contributed by atoms with Gasteiger partial charge in [-0.2, -0.15) is 9.29 Å². The molecule has 0 bridgehead atoms. The molecule has 0 saturated carbocycles. The summed E-state index contributed by atoms with van der Waals surface area (Å²) in [5.74, 6) is 0.984. The standard InChI is InChI=1S/C29H29N5O5S/c1-21-30-28(31-39-21)24-7-11-25(12-8-24)34-20-26(38-29(34)35)19-32-15-17-33(18-16-32)40(36,37)27-13-9-23(10-14-27)22-5-3-2-4-6-22/h2-14,26H,15-20H2,1H3. The number of carbonyl (C=O) groups is 1. The van der Waals surface area contributed by atoms with E-state index in [-0.39, 0.29) is 6.10 Å². The third kappa shape index (κ3) is 5.35. The van der Waals surface area contributed by atoms with Crippen LogP contribution in [0.2, 0.25) is 0 Å². The minimum absolute atomic E-state index is 0.293. The summed E-state index contributed by atoms with van der Waals surface area (Å²) in [5.41, 5.74) is 3.54. The molecule has 40 heavy (non-hydrogen) atoms. The van der Waals surface area contributed by atoms with Crippen LogP contribution in [-0.4, -0.2) is 79.2 Å². The second-order valence-electron chi connectivity index (χ2n) is 9.90. The number of piperazine rings is 1. The predicted octanol–water partition coefficient (Wildman–Crippen LogP) is 4.04. The first-order valence-corrected chi connectivity index (χ1v) is 14.6. The summed E-state index contributed by atoms with van der Waals surface area (Å²) in [4.78, 5) is 20.9. The lowest BCUT2D eigenvalue weighted by Gasteiger charge is -2.34. The van der Waals surface area contributed by atoms with Crippen molar-refractivity contribution in [1.82, 2.24) is 19.3 Å². The highest BCUT2D eigenvalue weighted by Crippen LogP contribution is 2.27. The van der Waals surface area contributed by atoms with E-state index < -0.39 is 16.1 Å². The molecule has 6 rings (SSSR count). The summed E-state index contributed by atoms with van der Waals surface area (Å²) in [6, 6.07) is 24.3. The van der Waals surface area contributed by atoms with E-state index in [9.17, 15) is 13.2 Å². The average molecular weight is 560 g/mol. The number of hydrogen-bond donors (Lipinski definition) is 0. The van der Waals surface area contributed by atoms with Crippen LogP contribution in [0.4, 0.5) is 10.5 Å². The Morgan fingerprint density at radius 3 is 2.15 bits per heavy atom. The van der Waals surface area contributed by atoms with Gasteiger partial charge in [-0.1, -0.05) is 47.6 Å². The number of benzene rings is 3. The van der Waals surface area contributed by atoms with Crippen molar-refractivity contribution < 1.29 is 22.5 Å². The van der Waals surface area contributed by atoms with Crippen molar-refractivity contribution in [2.24, 2.45) is 0 Å². The van der Waals surface area contributed by atoms with Gasteiger partial charge in [-0.3, -0.25) is 9.80 Å². The van der Waals surface area contributed by atoms with Crippen LogP contribution in [0.15, 0.2) is 88.3 Å². The number of aromatic nitrogens is 2. The zero-order valence-electron chi connectivity index (χ0n) is 22.0. The maximum Gasteiger partial charge on any atom is 0.414 e. The molecule has 1 aromatic heterocycles. The highest BCUT2D eigenvalue weighted by Gasteiger charge is 2.35. The molecule has 10 nitrogen and oxygen atoms in total. The Hall–Kier alpha value is -4.06. The number of cyclic esters (lactones) is 1. The molecule has 0 spiro atoms. The lowest BCUT2D eigenvalue weighted by molar-refractivity contribution is 0.0937. The van der Waals surface area contributed by atoms with E-state index in [2.05, 4.69) is 15.0 Å². The summed E-state index contributed by atoms with van der Waals surface area (Å²) < 4.78 is 38.7. The van der Waals surface area contributed by atoms with Crippen molar-refractivity contribution in [3.63, 3.8) is 0 Å². The molecule has 3 heterocycles. The number of nitrogens with zero attached hydrogens (tertiary/aromatic N) is 5. The molecule has 1 atom stereocenters. The van der Waals surface area contributed by atoms with Gasteiger partial charge in [0.05, 0.1) is 11.4 Å². The number of anilines is 1. The van der Waals surface area contributed by atoms with Crippen LogP contribution in [0.3, 0.4) is 0 Å². The molecule has 1 amide bonds. The normalized spacial score (nSPS) is 18.7. The fraction of sp³-hybridized carbons (Fsp3) is 0.276. The zero-order valence-corrected chi connectivity index (χ0v) is 22.8. The summed E-state index contributed by atoms with van der Waals surface area (Å²) in [5, 5.41) is 3.92. The Morgan fingerprint density at radius 2 is 1.50 bits per heavy atom. The molecule has 0 radical (unpaired) electrons. The molecular formula is C29H29N5O5S. The van der Waals surface area contributed by atoms with Gasteiger partial charge in [0.25, 0.3) is 0 Å². The van der Waals surface area contributed by atoms with Crippen molar-refractivity contribution in [3.05, 3.63) is 84.8 Å². The fourth-order valence-electron chi connectivity index (χ4n) is 5.07. The van der Waals surface area contributed by atoms with E-state index in [0.29, 0.717) is 55.9 Å². The number of rotatable bonds is 7. The van der Waals surface area contributed by atoms with Crippen molar-refractivity contribution in [3.8, 4) is 22.5 Å². The Bertz CT molecular complexity index is 1580. The first kappa shape index (κ1) is 26.2. The van der Waals surface area contributed by atoms with E-state index >= 15 is 0 Å². The van der Waals surface area contributed by atoms with E-state index in [1.165, 1.54) is 4.31 Å². The second-order valence-corrected chi connectivity index (χ2v) is 11.8. The summed E-state index contributed by atoms with van der Waals surface area (Å²) in [6.07, 6.45) is -0.700. The van der Waals surface area contributed by atoms with Crippen molar-refractivity contribution in [2.75, 3.05) is 44.2 Å². The van der Waals surface area contributed by atoms with Crippen LogP contribution in [0.1, 0.15) is 5.89 Å². The quantitative estimate of drug-likeness (QED) is 0.334. The van der Waals surface area contributed by atoms with E-state index in [1.54, 1.807) is 24.0 Å². The van der Waals surface area contributed by atoms with Crippen LogP contribution in [0.25, 0.3) is 22.5 Å². The molecule has 2 fully saturated rings. The molecule has 3 aromatic carbocycles. The van der Waals surface area contributed by atoms with Crippen LogP contribution < -0.4 is 4.90 Å². The number of ether oxygens (including phenoxy) is 1. The van der Waals surface area contributed by atoms with Crippen LogP contribution in [0, 0.1) is 6.92 Å². The molecule has 2 aliphatic rings. The van der Waals surface area contributed by atoms with Gasteiger partial charge in [-0.05, 0) is 47.5 Å². The highest BCUT2D eigenvalue weighted by atomic mass is 32.2. The zero-order chi connectivity index (χ0) is 27.7. The molecule has 4 aromatic rings. The maximum atomic E-state index is 13.3. The SMILES string of the molecule is Cc1nc(-c2ccc(N3CC(CN4CCN(S(=O)(=O)c5ccc(-c6ccccc6)cc5)CC4)OC3=O)cc2)no1. The first-order valence-electron chi connectivity index (χ1n) is 13.1. The van der Waals surface area contributed by atoms with E-state index in [4.69, 9.17) is 9.26 Å². The first-order chi connectivity index (χ1) is 19.4. The third-order valence-corrected chi connectivity index (χ3v) is 9.14. The molecule has 0 N–H and O–H groups in total. The number of sulfonamides is 1. The van der Waals surface area contributed by atoms with Gasteiger partial charge in [-0.25, -0.2) is 13.2 Å². The summed E-state index contributed by atoms with van der Waals surface area (Å²) in [7, 11) is -3.59. The van der Waals surface area contributed by atoms with Crippen LogP contribution >= 0.6 is 0 Å². The third-order valence-electron chi connectivity index (χ3n) is 7.23. The average Bonchev–Trinajstić information content (AvgIpc) is 3.59. The Kier molecular flexibility index (Phi) is 7.09. The van der Waals surface area contributed by atoms with E-state index in [1.807, 2.05) is 66.7 Å². The highest BCUT2D eigenvalue weighted by molar-refractivity contribution is 7.89. The lowest BCUT2D eigenvalue weighted by Crippen LogP contribution is -2.50. The topological polar surface area (TPSA) is 109 Å². The number of amides is 1. The molecule has 1 unspecified atom stereocenters. The maximum absolute atomic E-state index is 13.3. The van der Waals surface area contributed by atoms with Crippen molar-refractivity contribution in [1.29, 1.82) is 0 Å². The number of aryl methyl sites for hydroxylation is 1. The van der Waals surface area contributed by atoms with Crippen LogP contribution in [0.5, 0.6) is 0 Å². The Morgan fingerprint density at radius 1 is 0.850 bits per heavy atom. The predicted molar refractivity (Wildman–Crippen MR) is 149 cm³/mol. The van der Waals surface area contributed by atoms with Gasteiger partial charge in [0, 0.05) is 50.9 Å². The van der Waals surface area contributed by atoms with E-state index in [0.717, 1.165) is 22.4 Å². The van der Waals surface area contributed by atoms with Gasteiger partial charge >= 0.3 is 6.09 Å². The summed E-state index contributed by atoms with van der Waals surface area (Å²) >= 11 is 0. The minimum atomic E-state index is -3.59. The fourth-order valence-corrected chi connectivity index (χ4v) is 6.50. The largest absolute Gasteiger partial charge is 0.443 e. The van der Waals surface area contributed by atoms with Gasteiger partial charge in [0.2, 0.25) is 21.7 Å². The number of hydrogen-bond acceptors (Lipinski definition) is 8. The molecule has 2 saturated heterocycles. The van der Waals surface area contributed by atoms with Gasteiger partial charge in [-0.15, -0.1) is 0 Å². The van der Waals surface area contributed by atoms with Gasteiger partial charge < -0.3 is 9.26 Å². The molecule has 2 aliphatic heterocycles. The summed E-state index contributed by atoms with van der Waals surface area (Å²) in [6.45, 7) is 4.58. The monoisotopic (exact) mass is 559 g/mol. The smallest absolute Gasteiger partial charge is 0.414 e. The lowest BCUT2D eigenvalue weighted by atomic mass is 10.1. The molecular weight excluding hydrogens is 530 g/mol. The molecule has 0 aliphatic carbocycles. The Balaban J connectivity index is 1.03. The van der Waals surface area contributed by atoms with Gasteiger partial charge in [0.1, 0.15) is 6.10 Å². The van der Waals surface area contributed by atoms with Crippen molar-refractivity contribution >= 4 is 21.8 Å². The van der Waals surface area contributed by atoms with Crippen LogP contribution in [-0.2, 0) is 14.8 Å². The minimum Gasteiger partial charge on any atom is -0.443 e. The van der Waals surface area contributed by atoms with Crippen molar-refractivity contribution in [2.45, 2.75) is 17.9 Å². The number of carbonyl (C=O) groups excluding carboxylic acids is 1. The molecule has 206 valence electrons. The van der Waals surface area contributed by atoms with Gasteiger partial charge in [0.15, 0.2) is 0 Å².